The molecule has 0 N–H and O–H groups in total. The zero-order valence-corrected chi connectivity index (χ0v) is 48.5. The number of hydrogen-bond donors (Lipinski definition) is 0. The average Bonchev–Trinajstić information content (AvgIpc) is 3.35. The lowest BCUT2D eigenvalue weighted by Gasteiger charge is -2.33. The molecule has 0 radical (unpaired) electrons. The Morgan fingerprint density at radius 2 is 0.843 bits per heavy atom. The molecule has 12 aromatic carbocycles. The maximum Gasteiger partial charge on any atom is 0.152 e. The number of nitrogens with zero attached hydrogens (tertiary/aromatic N) is 3. The minimum atomic E-state index is -0.256. The van der Waals surface area contributed by atoms with Crippen LogP contribution in [0.5, 0.6) is 11.5 Å². The Kier molecular flexibility index (Phi) is 12.9. The molecule has 12 aromatic rings. The van der Waals surface area contributed by atoms with Crippen molar-refractivity contribution in [2.24, 2.45) is 0 Å². The summed E-state index contributed by atoms with van der Waals surface area (Å²) in [5, 5.41) is 4.68. The molecule has 0 amide bonds. The molecule has 0 fully saturated rings. The van der Waals surface area contributed by atoms with Gasteiger partial charge in [-0.3, -0.25) is 0 Å². The second-order valence-electron chi connectivity index (χ2n) is 23.5. The number of unbranched alkanes of at least 4 members (excludes halogenated alkanes) is 1. The van der Waals surface area contributed by atoms with Crippen LogP contribution in [-0.4, -0.2) is 0 Å². The molecule has 0 atom stereocenters. The molecule has 14 rings (SSSR count). The van der Waals surface area contributed by atoms with E-state index in [1.807, 2.05) is 0 Å². The van der Waals surface area contributed by atoms with E-state index in [0.29, 0.717) is 0 Å². The number of benzene rings is 12. The molecule has 83 heavy (non-hydrogen) atoms. The molecule has 0 bridgehead atoms. The van der Waals surface area contributed by atoms with Crippen molar-refractivity contribution in [2.75, 3.05) is 14.7 Å². The molecule has 0 spiro atoms. The fourth-order valence-corrected chi connectivity index (χ4v) is 13.0. The average molecular weight is 1070 g/mol. The second kappa shape index (κ2) is 20.7. The number of rotatable bonds is 12. The van der Waals surface area contributed by atoms with Crippen molar-refractivity contribution >= 4 is 72.7 Å². The van der Waals surface area contributed by atoms with Crippen LogP contribution in [0.3, 0.4) is 0 Å². The Morgan fingerprint density at radius 1 is 0.386 bits per heavy atom. The van der Waals surface area contributed by atoms with Gasteiger partial charge in [-0.25, -0.2) is 0 Å². The Bertz CT molecular complexity index is 4420. The van der Waals surface area contributed by atoms with E-state index in [9.17, 15) is 0 Å². The smallest absolute Gasteiger partial charge is 0.152 e. The van der Waals surface area contributed by atoms with Crippen LogP contribution >= 0.6 is 0 Å². The summed E-state index contributed by atoms with van der Waals surface area (Å²) in [6, 6.07) is 90.5. The molecule has 0 saturated carbocycles. The Balaban J connectivity index is 0.842. The van der Waals surface area contributed by atoms with Crippen LogP contribution in [0, 0.1) is 27.7 Å². The van der Waals surface area contributed by atoms with E-state index < -0.39 is 0 Å². The van der Waals surface area contributed by atoms with E-state index in [4.69, 9.17) is 4.74 Å². The third-order valence-electron chi connectivity index (χ3n) is 17.4. The maximum atomic E-state index is 6.81. The van der Waals surface area contributed by atoms with Gasteiger partial charge in [0, 0.05) is 55.4 Å². The van der Waals surface area contributed by atoms with Crippen molar-refractivity contribution in [3.8, 4) is 44.9 Å². The van der Waals surface area contributed by atoms with Crippen LogP contribution in [0.15, 0.2) is 243 Å². The van der Waals surface area contributed by atoms with Crippen LogP contribution in [0.4, 0.5) is 51.2 Å². The van der Waals surface area contributed by atoms with Gasteiger partial charge in [0.1, 0.15) is 0 Å². The van der Waals surface area contributed by atoms with Gasteiger partial charge in [0.25, 0.3) is 0 Å². The first-order valence-corrected chi connectivity index (χ1v) is 29.4. The van der Waals surface area contributed by atoms with Crippen molar-refractivity contribution < 1.29 is 4.74 Å². The number of ether oxygens (including phenoxy) is 1. The van der Waals surface area contributed by atoms with Crippen molar-refractivity contribution in [1.29, 1.82) is 0 Å². The number of aryl methyl sites for hydroxylation is 5. The molecule has 404 valence electrons. The highest BCUT2D eigenvalue weighted by molar-refractivity contribution is 6.23. The van der Waals surface area contributed by atoms with E-state index in [1.165, 1.54) is 95.6 Å². The summed E-state index contributed by atoms with van der Waals surface area (Å²) >= 11 is 0. The number of fused-ring (bicyclic) bond motifs is 7. The zero-order valence-electron chi connectivity index (χ0n) is 48.5. The second-order valence-corrected chi connectivity index (χ2v) is 23.5. The van der Waals surface area contributed by atoms with Crippen LogP contribution in [0.1, 0.15) is 72.6 Å². The number of hydrogen-bond acceptors (Lipinski definition) is 4. The fourth-order valence-electron chi connectivity index (χ4n) is 13.0. The lowest BCUT2D eigenvalue weighted by atomic mass is 9.81. The molecule has 4 nitrogen and oxygen atoms in total. The monoisotopic (exact) mass is 1070 g/mol. The minimum Gasteiger partial charge on any atom is -0.453 e. The first-order valence-electron chi connectivity index (χ1n) is 29.4. The van der Waals surface area contributed by atoms with Gasteiger partial charge in [0.05, 0.1) is 22.7 Å². The highest BCUT2D eigenvalue weighted by Gasteiger charge is 2.37. The van der Waals surface area contributed by atoms with Gasteiger partial charge in [0.2, 0.25) is 0 Å². The predicted molar refractivity (Wildman–Crippen MR) is 352 cm³/mol. The molecule has 0 unspecified atom stereocenters. The fraction of sp³-hybridized carbons (Fsp3) is 0.139. The topological polar surface area (TPSA) is 19.0 Å². The Hall–Kier alpha value is -9.64. The van der Waals surface area contributed by atoms with Gasteiger partial charge >= 0.3 is 0 Å². The van der Waals surface area contributed by atoms with Crippen LogP contribution in [0.2, 0.25) is 0 Å². The molecular weight excluding hydrogens is 1010 g/mol. The van der Waals surface area contributed by atoms with Crippen molar-refractivity contribution in [3.63, 3.8) is 0 Å². The standard InChI is InChI=1S/C79H67N3O/c1-8-9-17-55-30-39-62(40-31-55)82-73-43-29-54(5)46-75(73)83-76-50-59(34-44-74(76)82)58-33-42-66-65-41-32-57(48-71(65)79(6,7)72(66)49-58)56-18-15-20-64(47-56)81(61-37-27-52(3)28-38-61)78-69-23-12-10-21-67(69)77(68-22-11-13-24-70(68)78)80(60-35-25-51(2)26-36-60)63-19-14-16-53(4)45-63/h10-16,18-50H,8-9,17H2,1-7H3. The largest absolute Gasteiger partial charge is 0.453 e. The van der Waals surface area contributed by atoms with Crippen LogP contribution in [-0.2, 0) is 11.8 Å². The van der Waals surface area contributed by atoms with Gasteiger partial charge in [-0.15, -0.1) is 0 Å². The minimum absolute atomic E-state index is 0.256. The number of anilines is 9. The molecule has 0 aromatic heterocycles. The van der Waals surface area contributed by atoms with E-state index in [1.54, 1.807) is 0 Å². The summed E-state index contributed by atoms with van der Waals surface area (Å²) in [4.78, 5) is 7.30. The normalized spacial score (nSPS) is 12.8. The van der Waals surface area contributed by atoms with E-state index in [0.717, 1.165) is 80.2 Å². The first kappa shape index (κ1) is 51.5. The van der Waals surface area contributed by atoms with Gasteiger partial charge in [0.15, 0.2) is 11.5 Å². The van der Waals surface area contributed by atoms with Gasteiger partial charge in [-0.1, -0.05) is 184 Å². The zero-order chi connectivity index (χ0) is 56.5. The Morgan fingerprint density at radius 3 is 1.39 bits per heavy atom. The predicted octanol–water partition coefficient (Wildman–Crippen LogP) is 22.7. The van der Waals surface area contributed by atoms with Crippen molar-refractivity contribution in [1.82, 2.24) is 0 Å². The quantitative estimate of drug-likeness (QED) is 0.0896. The van der Waals surface area contributed by atoms with E-state index >= 15 is 0 Å². The van der Waals surface area contributed by atoms with E-state index in [-0.39, 0.29) is 5.41 Å². The maximum absolute atomic E-state index is 6.81. The lowest BCUT2D eigenvalue weighted by molar-refractivity contribution is 0.477. The molecule has 1 aliphatic heterocycles. The summed E-state index contributed by atoms with van der Waals surface area (Å²) < 4.78 is 6.81. The van der Waals surface area contributed by atoms with Crippen molar-refractivity contribution in [3.05, 3.63) is 282 Å². The van der Waals surface area contributed by atoms with E-state index in [2.05, 4.69) is 306 Å². The van der Waals surface area contributed by atoms with Gasteiger partial charge in [-0.2, -0.15) is 0 Å². The summed E-state index contributed by atoms with van der Waals surface area (Å²) in [7, 11) is 0. The van der Waals surface area contributed by atoms with Crippen LogP contribution in [0.25, 0.3) is 54.9 Å². The van der Waals surface area contributed by atoms with Gasteiger partial charge < -0.3 is 19.4 Å². The Labute approximate surface area is 489 Å². The highest BCUT2D eigenvalue weighted by atomic mass is 16.5. The van der Waals surface area contributed by atoms with Gasteiger partial charge in [-0.05, 0) is 199 Å². The van der Waals surface area contributed by atoms with Crippen LogP contribution < -0.4 is 19.4 Å². The molecule has 0 saturated heterocycles. The lowest BCUT2D eigenvalue weighted by Crippen LogP contribution is -2.16. The molecule has 4 heteroatoms. The summed E-state index contributed by atoms with van der Waals surface area (Å²) in [5.74, 6) is 1.73. The molecule has 1 aliphatic carbocycles. The summed E-state index contributed by atoms with van der Waals surface area (Å²) in [6.45, 7) is 15.7. The SMILES string of the molecule is CCCCc1ccc(N2c3ccc(C)cc3Oc3cc(-c4ccc5c(c4)C(C)(C)c4cc(-c6cccc(N(c7ccc(C)cc7)c7c8ccccc8c(N(c8ccc(C)cc8)c8cccc(C)c8)c8ccccc78)c6)ccc4-5)ccc32)cc1. The highest BCUT2D eigenvalue weighted by Crippen LogP contribution is 2.55. The summed E-state index contributed by atoms with van der Waals surface area (Å²) in [6.07, 6.45) is 3.48. The first-order chi connectivity index (χ1) is 40.5. The third-order valence-corrected chi connectivity index (χ3v) is 17.4. The third kappa shape index (κ3) is 9.10. The summed E-state index contributed by atoms with van der Waals surface area (Å²) in [5.41, 5.74) is 25.8. The molecular formula is C79H67N3O. The van der Waals surface area contributed by atoms with Crippen molar-refractivity contribution in [2.45, 2.75) is 73.1 Å². The molecule has 1 heterocycles. The molecule has 2 aliphatic rings.